The van der Waals surface area contributed by atoms with Crippen molar-refractivity contribution in [2.45, 2.75) is 38.8 Å². The van der Waals surface area contributed by atoms with Crippen molar-refractivity contribution in [1.82, 2.24) is 5.32 Å². The predicted octanol–water partition coefficient (Wildman–Crippen LogP) is 3.16. The molecular formula is C17H24ClNO7. The van der Waals surface area contributed by atoms with Crippen LogP contribution in [0.2, 0.25) is 5.02 Å². The van der Waals surface area contributed by atoms with Crippen molar-refractivity contribution in [3.05, 3.63) is 22.7 Å². The number of methoxy groups -OCH3 is 2. The Hall–Kier alpha value is -2.19. The summed E-state index contributed by atoms with van der Waals surface area (Å²) in [6.07, 6.45) is -0.879. The number of rotatable bonds is 7. The molecule has 0 bridgehead atoms. The van der Waals surface area contributed by atoms with Crippen LogP contribution in [-0.4, -0.2) is 43.8 Å². The van der Waals surface area contributed by atoms with Gasteiger partial charge in [0.05, 0.1) is 24.6 Å². The topological polar surface area (TPSA) is 103 Å². The van der Waals surface area contributed by atoms with E-state index in [9.17, 15) is 14.7 Å². The zero-order valence-electron chi connectivity index (χ0n) is 15.4. The van der Waals surface area contributed by atoms with Crippen molar-refractivity contribution in [3.8, 4) is 11.5 Å². The summed E-state index contributed by atoms with van der Waals surface area (Å²) in [4.78, 5) is 23.8. The molecule has 146 valence electrons. The minimum Gasteiger partial charge on any atom is -0.503 e. The first kappa shape index (κ1) is 21.9. The summed E-state index contributed by atoms with van der Waals surface area (Å²) in [6.45, 7) is 5.04. The van der Waals surface area contributed by atoms with Gasteiger partial charge < -0.3 is 29.4 Å². The van der Waals surface area contributed by atoms with Crippen molar-refractivity contribution >= 4 is 23.7 Å². The highest BCUT2D eigenvalue weighted by Gasteiger charge is 2.25. The van der Waals surface area contributed by atoms with Crippen LogP contribution in [0.1, 0.15) is 38.8 Å². The number of nitrogens with one attached hydrogen (secondary N) is 1. The van der Waals surface area contributed by atoms with E-state index >= 15 is 0 Å². The Labute approximate surface area is 157 Å². The van der Waals surface area contributed by atoms with Gasteiger partial charge in [0, 0.05) is 7.11 Å². The summed E-state index contributed by atoms with van der Waals surface area (Å²) in [6, 6.07) is 2.06. The van der Waals surface area contributed by atoms with Crippen LogP contribution in [0.5, 0.6) is 11.5 Å². The molecule has 0 aliphatic carbocycles. The summed E-state index contributed by atoms with van der Waals surface area (Å²) in [7, 11) is 2.66. The maximum Gasteiger partial charge on any atom is 0.408 e. The zero-order chi connectivity index (χ0) is 19.9. The monoisotopic (exact) mass is 389 g/mol. The van der Waals surface area contributed by atoms with E-state index in [1.54, 1.807) is 20.8 Å². The number of hydrogen-bond donors (Lipinski definition) is 2. The first-order chi connectivity index (χ1) is 12.1. The number of alkyl carbamates (subject to hydrolysis) is 1. The van der Waals surface area contributed by atoms with Crippen LogP contribution in [0.4, 0.5) is 4.79 Å². The van der Waals surface area contributed by atoms with E-state index in [0.717, 1.165) is 0 Å². The molecule has 2 N–H and O–H groups in total. The summed E-state index contributed by atoms with van der Waals surface area (Å²) in [5.74, 6) is -0.772. The van der Waals surface area contributed by atoms with E-state index in [1.807, 2.05) is 0 Å². The molecule has 8 nitrogen and oxygen atoms in total. The van der Waals surface area contributed by atoms with Crippen LogP contribution in [0, 0.1) is 0 Å². The lowest BCUT2D eigenvalue weighted by atomic mass is 10.0. The van der Waals surface area contributed by atoms with Gasteiger partial charge in [-0.1, -0.05) is 11.6 Å². The smallest absolute Gasteiger partial charge is 0.408 e. The van der Waals surface area contributed by atoms with Gasteiger partial charge in [-0.25, -0.2) is 4.79 Å². The van der Waals surface area contributed by atoms with Crippen molar-refractivity contribution < 1.29 is 33.6 Å². The molecule has 9 heteroatoms. The number of carbonyl (C=O) groups is 2. The predicted molar refractivity (Wildman–Crippen MR) is 94.4 cm³/mol. The quantitative estimate of drug-likeness (QED) is 0.545. The molecule has 1 aromatic rings. The van der Waals surface area contributed by atoms with E-state index in [4.69, 9.17) is 25.8 Å². The second-order valence-corrected chi connectivity index (χ2v) is 6.79. The van der Waals surface area contributed by atoms with Crippen LogP contribution in [-0.2, 0) is 19.0 Å². The third-order valence-electron chi connectivity index (χ3n) is 3.07. The Bertz CT molecular complexity index is 643. The van der Waals surface area contributed by atoms with Crippen molar-refractivity contribution in [1.29, 1.82) is 0 Å². The lowest BCUT2D eigenvalue weighted by Gasteiger charge is -2.24. The number of phenols is 1. The molecule has 0 saturated heterocycles. The standard InChI is InChI=1S/C17H24ClNO7/c1-17(2,3)26-16(22)19-12(8-14(20)24-5)10-6-11(18)15(21)13(7-10)25-9-23-4/h6-7,12,21H,8-9H2,1-5H3,(H,19,22)/t12-/m0/s1. The maximum absolute atomic E-state index is 12.1. The summed E-state index contributed by atoms with van der Waals surface area (Å²) >= 11 is 6.02. The van der Waals surface area contributed by atoms with Crippen LogP contribution >= 0.6 is 11.6 Å². The SMILES string of the molecule is COCOc1cc([C@H](CC(=O)OC)NC(=O)OC(C)(C)C)cc(Cl)c1O. The second-order valence-electron chi connectivity index (χ2n) is 6.38. The van der Waals surface area contributed by atoms with Crippen molar-refractivity contribution in [2.75, 3.05) is 21.0 Å². The summed E-state index contributed by atoms with van der Waals surface area (Å²) < 4.78 is 19.9. The van der Waals surface area contributed by atoms with Crippen LogP contribution in [0.15, 0.2) is 12.1 Å². The molecule has 0 spiro atoms. The first-order valence-electron chi connectivity index (χ1n) is 7.78. The lowest BCUT2D eigenvalue weighted by Crippen LogP contribution is -2.36. The molecule has 26 heavy (non-hydrogen) atoms. The van der Waals surface area contributed by atoms with E-state index in [2.05, 4.69) is 10.1 Å². The van der Waals surface area contributed by atoms with E-state index < -0.39 is 23.7 Å². The zero-order valence-corrected chi connectivity index (χ0v) is 16.2. The Balaban J connectivity index is 3.14. The Morgan fingerprint density at radius 2 is 1.92 bits per heavy atom. The van der Waals surface area contributed by atoms with Crippen LogP contribution in [0.25, 0.3) is 0 Å². The number of hydrogen-bond acceptors (Lipinski definition) is 7. The van der Waals surface area contributed by atoms with Gasteiger partial charge in [0.1, 0.15) is 5.60 Å². The van der Waals surface area contributed by atoms with Gasteiger partial charge in [-0.2, -0.15) is 0 Å². The molecule has 0 saturated carbocycles. The summed E-state index contributed by atoms with van der Waals surface area (Å²) in [5.41, 5.74) is -0.283. The van der Waals surface area contributed by atoms with Crippen LogP contribution < -0.4 is 10.1 Å². The van der Waals surface area contributed by atoms with Gasteiger partial charge in [-0.15, -0.1) is 0 Å². The number of halogens is 1. The molecule has 0 aliphatic heterocycles. The number of benzene rings is 1. The third-order valence-corrected chi connectivity index (χ3v) is 3.36. The summed E-state index contributed by atoms with van der Waals surface area (Å²) in [5, 5.41) is 12.6. The molecule has 0 fully saturated rings. The number of phenolic OH excluding ortho intramolecular Hbond substituents is 1. The van der Waals surface area contributed by atoms with E-state index in [-0.39, 0.29) is 29.7 Å². The van der Waals surface area contributed by atoms with Gasteiger partial charge in [0.25, 0.3) is 0 Å². The van der Waals surface area contributed by atoms with Crippen molar-refractivity contribution in [3.63, 3.8) is 0 Å². The number of aromatic hydroxyl groups is 1. The second kappa shape index (κ2) is 9.49. The number of esters is 1. The highest BCUT2D eigenvalue weighted by molar-refractivity contribution is 6.32. The molecular weight excluding hydrogens is 366 g/mol. The lowest BCUT2D eigenvalue weighted by molar-refractivity contribution is -0.141. The molecule has 0 aliphatic rings. The average molecular weight is 390 g/mol. The van der Waals surface area contributed by atoms with Crippen molar-refractivity contribution in [2.24, 2.45) is 0 Å². The number of ether oxygens (including phenoxy) is 4. The Morgan fingerprint density at radius 1 is 1.27 bits per heavy atom. The van der Waals surface area contributed by atoms with Gasteiger partial charge in [0.2, 0.25) is 0 Å². The molecule has 0 aromatic heterocycles. The van der Waals surface area contributed by atoms with Gasteiger partial charge in [0.15, 0.2) is 18.3 Å². The molecule has 1 amide bonds. The highest BCUT2D eigenvalue weighted by Crippen LogP contribution is 2.37. The van der Waals surface area contributed by atoms with Gasteiger partial charge in [-0.3, -0.25) is 4.79 Å². The fraction of sp³-hybridized carbons (Fsp3) is 0.529. The van der Waals surface area contributed by atoms with E-state index in [1.165, 1.54) is 26.4 Å². The molecule has 0 unspecified atom stereocenters. The minimum absolute atomic E-state index is 0.00513. The fourth-order valence-corrected chi connectivity index (χ4v) is 2.20. The number of amides is 1. The largest absolute Gasteiger partial charge is 0.503 e. The Kier molecular flexibility index (Phi) is 7.98. The van der Waals surface area contributed by atoms with Gasteiger partial charge in [-0.05, 0) is 38.5 Å². The normalized spacial score (nSPS) is 12.2. The molecule has 1 rings (SSSR count). The highest BCUT2D eigenvalue weighted by atomic mass is 35.5. The molecule has 1 atom stereocenters. The minimum atomic E-state index is -0.805. The molecule has 0 heterocycles. The van der Waals surface area contributed by atoms with Gasteiger partial charge >= 0.3 is 12.1 Å². The average Bonchev–Trinajstić information content (AvgIpc) is 2.53. The maximum atomic E-state index is 12.1. The fourth-order valence-electron chi connectivity index (χ4n) is 1.98. The first-order valence-corrected chi connectivity index (χ1v) is 8.15. The molecule has 1 aromatic carbocycles. The molecule has 0 radical (unpaired) electrons. The Morgan fingerprint density at radius 3 is 2.46 bits per heavy atom. The van der Waals surface area contributed by atoms with Crippen LogP contribution in [0.3, 0.4) is 0 Å². The van der Waals surface area contributed by atoms with E-state index in [0.29, 0.717) is 5.56 Å². The number of carbonyl (C=O) groups excluding carboxylic acids is 2. The third kappa shape index (κ3) is 6.97.